The summed E-state index contributed by atoms with van der Waals surface area (Å²) in [5.74, 6) is -0.272. The van der Waals surface area contributed by atoms with Gasteiger partial charge in [0.1, 0.15) is 73.2 Å². The average Bonchev–Trinajstić information content (AvgIpc) is 0.782. The summed E-state index contributed by atoms with van der Waals surface area (Å²) >= 11 is 0. The third-order valence-electron chi connectivity index (χ3n) is 22.4. The van der Waals surface area contributed by atoms with E-state index in [0.29, 0.717) is 6.42 Å². The van der Waals surface area contributed by atoms with Gasteiger partial charge in [-0.3, -0.25) is 4.79 Å². The zero-order valence-corrected chi connectivity index (χ0v) is 70.4. The van der Waals surface area contributed by atoms with Crippen molar-refractivity contribution in [2.75, 3.05) is 26.4 Å². The minimum absolute atomic E-state index is 0.241. The van der Waals surface area contributed by atoms with Gasteiger partial charge in [0.05, 0.1) is 38.6 Å². The molecule has 12 N–H and O–H groups in total. The third kappa shape index (κ3) is 50.0. The van der Waals surface area contributed by atoms with E-state index in [1.54, 1.807) is 6.08 Å². The molecule has 0 aromatic rings. The number of aliphatic hydroxyl groups is 11. The Morgan fingerprint density at radius 3 is 0.964 bits per heavy atom. The largest absolute Gasteiger partial charge is 0.394 e. The Bertz CT molecular complexity index is 2350. The lowest BCUT2D eigenvalue weighted by atomic mass is 9.96. The van der Waals surface area contributed by atoms with E-state index in [1.807, 2.05) is 6.08 Å². The second-order valence-electron chi connectivity index (χ2n) is 32.4. The highest BCUT2D eigenvalue weighted by atomic mass is 16.8. The summed E-state index contributed by atoms with van der Waals surface area (Å²) in [5.41, 5.74) is 0. The van der Waals surface area contributed by atoms with E-state index in [2.05, 4.69) is 92.1 Å². The van der Waals surface area contributed by atoms with Gasteiger partial charge in [-0.25, -0.2) is 0 Å². The summed E-state index contributed by atoms with van der Waals surface area (Å²) in [4.78, 5) is 13.5. The fourth-order valence-corrected chi connectivity index (χ4v) is 15.2. The first kappa shape index (κ1) is 103. The van der Waals surface area contributed by atoms with Crippen LogP contribution in [0.4, 0.5) is 0 Å². The number of nitrogens with one attached hydrogen (secondary N) is 1. The highest BCUT2D eigenvalue weighted by Crippen LogP contribution is 2.34. The first-order valence-corrected chi connectivity index (χ1v) is 45.8. The predicted octanol–water partition coefficient (Wildman–Crippen LogP) is 17.7. The van der Waals surface area contributed by atoms with Gasteiger partial charge in [0.25, 0.3) is 0 Å². The number of allylic oxidation sites excluding steroid dienone is 13. The Kier molecular flexibility index (Phi) is 66.3. The Morgan fingerprint density at radius 2 is 0.616 bits per heavy atom. The van der Waals surface area contributed by atoms with Crippen molar-refractivity contribution in [1.82, 2.24) is 5.32 Å². The van der Waals surface area contributed by atoms with Gasteiger partial charge in [-0.1, -0.05) is 375 Å². The molecule has 17 atom stereocenters. The maximum Gasteiger partial charge on any atom is 0.220 e. The lowest BCUT2D eigenvalue weighted by Gasteiger charge is -2.48. The monoisotopic (exact) mass is 1590 g/mol. The van der Waals surface area contributed by atoms with E-state index >= 15 is 0 Å². The molecule has 3 fully saturated rings. The second-order valence-corrected chi connectivity index (χ2v) is 32.4. The number of carbonyl (C=O) groups is 1. The fourth-order valence-electron chi connectivity index (χ4n) is 15.2. The van der Waals surface area contributed by atoms with Gasteiger partial charge in [0.15, 0.2) is 18.9 Å². The predicted molar refractivity (Wildman–Crippen MR) is 452 cm³/mol. The van der Waals surface area contributed by atoms with Crippen LogP contribution in [0.25, 0.3) is 0 Å². The van der Waals surface area contributed by atoms with Crippen molar-refractivity contribution in [1.29, 1.82) is 0 Å². The van der Waals surface area contributed by atoms with E-state index in [4.69, 9.17) is 28.4 Å². The summed E-state index contributed by atoms with van der Waals surface area (Å²) in [7, 11) is 0. The molecule has 3 rings (SSSR count). The van der Waals surface area contributed by atoms with Gasteiger partial charge in [-0.05, 0) is 70.6 Å². The van der Waals surface area contributed by atoms with Crippen LogP contribution in [0.15, 0.2) is 85.1 Å². The van der Waals surface area contributed by atoms with Crippen LogP contribution in [0.2, 0.25) is 0 Å². The molecular weight excluding hydrogens is 1420 g/mol. The molecule has 0 aromatic carbocycles. The van der Waals surface area contributed by atoms with Gasteiger partial charge in [-0.2, -0.15) is 0 Å². The van der Waals surface area contributed by atoms with E-state index in [0.717, 1.165) is 83.5 Å². The van der Waals surface area contributed by atoms with Crippen molar-refractivity contribution in [2.45, 2.75) is 471 Å². The number of unbranched alkanes of at least 4 members (excludes halogenated alkanes) is 46. The molecule has 652 valence electrons. The number of carbonyl (C=O) groups excluding carboxylic acids is 1. The zero-order valence-electron chi connectivity index (χ0n) is 70.4. The van der Waals surface area contributed by atoms with Crippen molar-refractivity contribution in [3.8, 4) is 0 Å². The number of hydrogen-bond donors (Lipinski definition) is 12. The summed E-state index contributed by atoms with van der Waals surface area (Å²) < 4.78 is 34.5. The van der Waals surface area contributed by atoms with Crippen molar-refractivity contribution >= 4 is 5.91 Å². The minimum atomic E-state index is -1.98. The minimum Gasteiger partial charge on any atom is -0.394 e. The molecule has 19 nitrogen and oxygen atoms in total. The van der Waals surface area contributed by atoms with Crippen molar-refractivity contribution in [3.63, 3.8) is 0 Å². The van der Waals surface area contributed by atoms with Gasteiger partial charge in [-0.15, -0.1) is 0 Å². The Labute approximate surface area is 680 Å². The molecule has 3 aliphatic rings. The molecule has 0 saturated carbocycles. The van der Waals surface area contributed by atoms with Crippen LogP contribution >= 0.6 is 0 Å². The van der Waals surface area contributed by atoms with Gasteiger partial charge in [0.2, 0.25) is 5.91 Å². The SMILES string of the molecule is CC/C=C\C/C=C\C/C=C\C/C=C\C/C=C\C/C=C\CCCCCCCCCCCCCCCCCCC(=O)NC(COC1OC(CO)C(OC2OC(CO)C(OC3OC(CO)C(O)C(O)C3O)C(O)C2O)C(O)C1O)C(O)/C=C/CCCCCCCCCCCCCCCCCCCCCCCCCCCCCCCC. The quantitative estimate of drug-likeness (QED) is 0.0199. The number of aliphatic hydroxyl groups excluding tert-OH is 11. The summed E-state index contributed by atoms with van der Waals surface area (Å²) in [5, 5.41) is 121. The van der Waals surface area contributed by atoms with Gasteiger partial charge in [0, 0.05) is 6.42 Å². The van der Waals surface area contributed by atoms with Gasteiger partial charge >= 0.3 is 0 Å². The van der Waals surface area contributed by atoms with Crippen LogP contribution in [0, 0.1) is 0 Å². The maximum atomic E-state index is 13.5. The van der Waals surface area contributed by atoms with Crippen LogP contribution < -0.4 is 5.32 Å². The first-order valence-electron chi connectivity index (χ1n) is 45.8. The molecule has 3 saturated heterocycles. The highest BCUT2D eigenvalue weighted by molar-refractivity contribution is 5.76. The van der Waals surface area contributed by atoms with E-state index < -0.39 is 124 Å². The zero-order chi connectivity index (χ0) is 81.0. The Hall–Kier alpha value is -3.03. The number of hydrogen-bond acceptors (Lipinski definition) is 18. The fraction of sp³-hybridized carbons (Fsp3) is 0.839. The number of ether oxygens (including phenoxy) is 6. The molecule has 112 heavy (non-hydrogen) atoms. The molecule has 0 spiro atoms. The highest BCUT2D eigenvalue weighted by Gasteiger charge is 2.54. The number of amides is 1. The van der Waals surface area contributed by atoms with E-state index in [1.165, 1.54) is 257 Å². The standard InChI is InChI=1S/C93H167NO18/c1-3-5-7-9-11-13-15-17-19-21-23-25-27-29-31-33-35-37-38-39-41-43-45-47-49-51-53-55-57-59-61-63-65-67-69-71-81(99)94-76(77(98)70-68-66-64-62-60-58-56-54-52-50-48-46-44-42-40-36-34-32-30-28-26-24-22-20-18-16-14-12-10-8-6-4-2)75-107-91-87(105)84(102)89(79(73-96)109-91)112-93-88(106)85(103)90(80(74-97)110-93)111-92-86(104)83(101)82(100)78(72-95)108-92/h5,7,11,13,17,19,23,25,29,31,35,37,68,70,76-80,82-93,95-98,100-106H,3-4,6,8-10,12,14-16,18,20-22,24,26-28,30,32-34,36,38-67,69,71-75H2,1-2H3,(H,94,99)/b7-5-,13-11-,19-17-,25-23-,31-29-,37-35-,70-68+. The normalized spacial score (nSPS) is 25.3. The lowest BCUT2D eigenvalue weighted by molar-refractivity contribution is -0.379. The number of rotatable bonds is 74. The van der Waals surface area contributed by atoms with E-state index in [-0.39, 0.29) is 18.9 Å². The summed E-state index contributed by atoms with van der Waals surface area (Å²) in [6.45, 7) is 1.67. The van der Waals surface area contributed by atoms with Crippen LogP contribution in [0.5, 0.6) is 0 Å². The molecule has 3 aliphatic heterocycles. The average molecular weight is 1590 g/mol. The molecule has 3 heterocycles. The van der Waals surface area contributed by atoms with Gasteiger partial charge < -0.3 is 89.9 Å². The molecule has 1 amide bonds. The van der Waals surface area contributed by atoms with E-state index in [9.17, 15) is 61.0 Å². The second kappa shape index (κ2) is 72.0. The molecule has 17 unspecified atom stereocenters. The lowest BCUT2D eigenvalue weighted by Crippen LogP contribution is -2.66. The topological polar surface area (TPSA) is 307 Å². The maximum absolute atomic E-state index is 13.5. The van der Waals surface area contributed by atoms with Crippen LogP contribution in [-0.2, 0) is 33.2 Å². The van der Waals surface area contributed by atoms with Crippen LogP contribution in [0.3, 0.4) is 0 Å². The third-order valence-corrected chi connectivity index (χ3v) is 22.4. The van der Waals surface area contributed by atoms with Crippen LogP contribution in [-0.4, -0.2) is 193 Å². The molecule has 19 heteroatoms. The molecule has 0 aromatic heterocycles. The first-order chi connectivity index (χ1) is 54.8. The molecule has 0 radical (unpaired) electrons. The molecule has 0 bridgehead atoms. The van der Waals surface area contributed by atoms with Crippen LogP contribution in [0.1, 0.15) is 367 Å². The Morgan fingerprint density at radius 1 is 0.330 bits per heavy atom. The summed E-state index contributed by atoms with van der Waals surface area (Å²) in [6.07, 6.45) is 71.6. The smallest absolute Gasteiger partial charge is 0.220 e. The van der Waals surface area contributed by atoms with Crippen molar-refractivity contribution in [3.05, 3.63) is 85.1 Å². The van der Waals surface area contributed by atoms with Crippen molar-refractivity contribution < 1.29 is 89.4 Å². The molecular formula is C93H167NO18. The molecule has 0 aliphatic carbocycles. The van der Waals surface area contributed by atoms with Crippen molar-refractivity contribution in [2.24, 2.45) is 0 Å². The Balaban J connectivity index is 1.32. The summed E-state index contributed by atoms with van der Waals surface area (Å²) in [6, 6.07) is -0.979.